The predicted octanol–water partition coefficient (Wildman–Crippen LogP) is 2.29. The van der Waals surface area contributed by atoms with E-state index in [0.29, 0.717) is 11.5 Å². The highest BCUT2D eigenvalue weighted by molar-refractivity contribution is 7.99. The van der Waals surface area contributed by atoms with Crippen LogP contribution in [-0.2, 0) is 23.7 Å². The maximum absolute atomic E-state index is 12.8. The van der Waals surface area contributed by atoms with Gasteiger partial charge in [-0.1, -0.05) is 0 Å². The van der Waals surface area contributed by atoms with E-state index in [2.05, 4.69) is 9.47 Å². The first-order valence-electron chi connectivity index (χ1n) is 11.1. The van der Waals surface area contributed by atoms with Crippen LogP contribution in [0.15, 0.2) is 36.4 Å². The Morgan fingerprint density at radius 2 is 1.29 bits per heavy atom. The van der Waals surface area contributed by atoms with Gasteiger partial charge in [-0.15, -0.1) is 0 Å². The molecule has 2 heterocycles. The van der Waals surface area contributed by atoms with Gasteiger partial charge in [0.1, 0.15) is 12.7 Å². The van der Waals surface area contributed by atoms with E-state index in [1.807, 2.05) is 0 Å². The van der Waals surface area contributed by atoms with Crippen LogP contribution in [0.2, 0.25) is 0 Å². The van der Waals surface area contributed by atoms with Crippen LogP contribution in [-0.4, -0.2) is 71.1 Å². The van der Waals surface area contributed by atoms with Crippen LogP contribution < -0.4 is 0 Å². The summed E-state index contributed by atoms with van der Waals surface area (Å²) in [5, 5.41) is 8.77. The van der Waals surface area contributed by atoms with Gasteiger partial charge in [-0.25, -0.2) is 28.8 Å². The maximum atomic E-state index is 12.8. The van der Waals surface area contributed by atoms with Crippen molar-refractivity contribution in [3.05, 3.63) is 69.8 Å². The molecule has 0 saturated carbocycles. The number of hydrogen-bond donors (Lipinski definition) is 1. The fourth-order valence-electron chi connectivity index (χ4n) is 3.55. The molecule has 0 bridgehead atoms. The van der Waals surface area contributed by atoms with E-state index >= 15 is 0 Å². The van der Waals surface area contributed by atoms with Gasteiger partial charge in [0, 0.05) is 5.75 Å². The van der Waals surface area contributed by atoms with E-state index in [1.54, 1.807) is 0 Å². The minimum atomic E-state index is -0.956. The number of benzene rings is 2. The zero-order valence-electron chi connectivity index (χ0n) is 19.4. The molecule has 38 heavy (non-hydrogen) atoms. The van der Waals surface area contributed by atoms with Crippen molar-refractivity contribution in [1.82, 2.24) is 0 Å². The summed E-state index contributed by atoms with van der Waals surface area (Å²) in [6.07, 6.45) is -0.816. The van der Waals surface area contributed by atoms with Crippen molar-refractivity contribution in [3.8, 4) is 0 Å². The van der Waals surface area contributed by atoms with Crippen LogP contribution in [0.5, 0.6) is 0 Å². The minimum absolute atomic E-state index is 0.0202. The van der Waals surface area contributed by atoms with E-state index in [0.717, 1.165) is 0 Å². The van der Waals surface area contributed by atoms with Crippen molar-refractivity contribution in [2.24, 2.45) is 0 Å². The lowest BCUT2D eigenvalue weighted by atomic mass is 10.1. The lowest BCUT2D eigenvalue weighted by Crippen LogP contribution is -2.26. The molecule has 0 aromatic heterocycles. The first kappa shape index (κ1) is 26.5. The molecule has 0 amide bonds. The molecule has 2 aromatic rings. The second-order valence-electron chi connectivity index (χ2n) is 8.05. The number of carboxylic acids is 1. The molecule has 0 radical (unpaired) electrons. The van der Waals surface area contributed by atoms with Crippen molar-refractivity contribution < 1.29 is 57.6 Å². The van der Waals surface area contributed by atoms with Crippen LogP contribution >= 0.6 is 11.8 Å². The first-order valence-corrected chi connectivity index (χ1v) is 12.3. The summed E-state index contributed by atoms with van der Waals surface area (Å²) < 4.78 is 19.8. The molecule has 1 unspecified atom stereocenters. The highest BCUT2D eigenvalue weighted by Gasteiger charge is 2.32. The molecule has 13 heteroatoms. The standard InChI is InChI=1S/C25H18O12S/c26-19(27)6-8-38-7-5-14(35-21(29)13-2-4-16-18(10-13)25(33)37-23(16)31)11-34-20(28)12-1-3-15-17(9-12)24(32)36-22(15)30/h1-4,9-10,14H,5-8,11H2,(H,26,27). The Kier molecular flexibility index (Phi) is 7.86. The van der Waals surface area contributed by atoms with Gasteiger partial charge < -0.3 is 24.1 Å². The summed E-state index contributed by atoms with van der Waals surface area (Å²) in [5.41, 5.74) is -0.172. The van der Waals surface area contributed by atoms with Crippen LogP contribution in [0.25, 0.3) is 0 Å². The van der Waals surface area contributed by atoms with Crippen molar-refractivity contribution in [2.75, 3.05) is 18.1 Å². The second kappa shape index (κ2) is 11.3. The van der Waals surface area contributed by atoms with Gasteiger partial charge >= 0.3 is 41.8 Å². The van der Waals surface area contributed by atoms with E-state index in [-0.39, 0.29) is 52.8 Å². The molecule has 0 saturated heterocycles. The molecule has 1 N–H and O–H groups in total. The van der Waals surface area contributed by atoms with Crippen LogP contribution in [0.3, 0.4) is 0 Å². The quantitative estimate of drug-likeness (QED) is 0.189. The van der Waals surface area contributed by atoms with E-state index < -0.39 is 47.9 Å². The Balaban J connectivity index is 1.42. The Labute approximate surface area is 218 Å². The van der Waals surface area contributed by atoms with Gasteiger partial charge in [0.15, 0.2) is 0 Å². The number of carbonyl (C=O) groups is 7. The minimum Gasteiger partial charge on any atom is -0.481 e. The number of aliphatic carboxylic acids is 1. The topological polar surface area (TPSA) is 177 Å². The number of fused-ring (bicyclic) bond motifs is 2. The second-order valence-corrected chi connectivity index (χ2v) is 9.27. The number of esters is 6. The number of carbonyl (C=O) groups excluding carboxylic acids is 6. The molecule has 12 nitrogen and oxygen atoms in total. The normalized spacial score (nSPS) is 14.3. The highest BCUT2D eigenvalue weighted by Crippen LogP contribution is 2.23. The monoisotopic (exact) mass is 542 g/mol. The lowest BCUT2D eigenvalue weighted by molar-refractivity contribution is -0.136. The zero-order chi connectivity index (χ0) is 27.4. The third-order valence-corrected chi connectivity index (χ3v) is 6.50. The van der Waals surface area contributed by atoms with Crippen molar-refractivity contribution in [1.29, 1.82) is 0 Å². The summed E-state index contributed by atoms with van der Waals surface area (Å²) in [5.74, 6) is -5.37. The zero-order valence-corrected chi connectivity index (χ0v) is 20.2. The van der Waals surface area contributed by atoms with Gasteiger partial charge in [0.05, 0.1) is 39.8 Å². The number of thioether (sulfide) groups is 1. The number of ether oxygens (including phenoxy) is 4. The molecule has 4 rings (SSSR count). The molecule has 0 fully saturated rings. The Morgan fingerprint density at radius 3 is 1.84 bits per heavy atom. The molecule has 0 aliphatic carbocycles. The van der Waals surface area contributed by atoms with Gasteiger partial charge in [-0.05, 0) is 48.6 Å². The summed E-state index contributed by atoms with van der Waals surface area (Å²) >= 11 is 1.30. The summed E-state index contributed by atoms with van der Waals surface area (Å²) in [6, 6.07) is 7.43. The van der Waals surface area contributed by atoms with E-state index in [4.69, 9.17) is 14.6 Å². The van der Waals surface area contributed by atoms with Gasteiger partial charge in [0.25, 0.3) is 0 Å². The fraction of sp³-hybridized carbons (Fsp3) is 0.240. The molecular formula is C25H18O12S. The SMILES string of the molecule is O=C(O)CCSCCC(COC(=O)c1ccc2c(c1)C(=O)OC2=O)OC(=O)c1ccc2c(c1)C(=O)OC2=O. The molecule has 196 valence electrons. The van der Waals surface area contributed by atoms with E-state index in [9.17, 15) is 33.6 Å². The average Bonchev–Trinajstić information content (AvgIpc) is 3.34. The molecular weight excluding hydrogens is 524 g/mol. The third-order valence-electron chi connectivity index (χ3n) is 5.48. The van der Waals surface area contributed by atoms with Gasteiger partial charge in [0.2, 0.25) is 0 Å². The largest absolute Gasteiger partial charge is 0.481 e. The van der Waals surface area contributed by atoms with Gasteiger partial charge in [-0.3, -0.25) is 4.79 Å². The fourth-order valence-corrected chi connectivity index (χ4v) is 4.50. The lowest BCUT2D eigenvalue weighted by Gasteiger charge is -2.18. The van der Waals surface area contributed by atoms with Crippen molar-refractivity contribution >= 4 is 53.5 Å². The van der Waals surface area contributed by atoms with Crippen LogP contribution in [0.1, 0.15) is 75.0 Å². The number of hydrogen-bond acceptors (Lipinski definition) is 12. The molecule has 2 aliphatic heterocycles. The first-order chi connectivity index (χ1) is 18.1. The Morgan fingerprint density at radius 1 is 0.763 bits per heavy atom. The van der Waals surface area contributed by atoms with Crippen LogP contribution in [0.4, 0.5) is 0 Å². The Bertz CT molecular complexity index is 1380. The van der Waals surface area contributed by atoms with Gasteiger partial charge in [-0.2, -0.15) is 11.8 Å². The van der Waals surface area contributed by atoms with E-state index in [1.165, 1.54) is 48.2 Å². The van der Waals surface area contributed by atoms with Crippen LogP contribution in [0, 0.1) is 0 Å². The molecule has 2 aromatic carbocycles. The molecule has 0 spiro atoms. The third kappa shape index (κ3) is 5.89. The maximum Gasteiger partial charge on any atom is 0.346 e. The highest BCUT2D eigenvalue weighted by atomic mass is 32.2. The predicted molar refractivity (Wildman–Crippen MR) is 126 cm³/mol. The number of cyclic esters (lactones) is 4. The number of rotatable bonds is 11. The van der Waals surface area contributed by atoms with Crippen molar-refractivity contribution in [2.45, 2.75) is 18.9 Å². The number of carboxylic acid groups (broad SMARTS) is 1. The molecule has 1 atom stereocenters. The summed E-state index contributed by atoms with van der Waals surface area (Å²) in [4.78, 5) is 82.8. The molecule has 2 aliphatic rings. The summed E-state index contributed by atoms with van der Waals surface area (Å²) in [7, 11) is 0. The average molecular weight is 542 g/mol. The van der Waals surface area contributed by atoms with Crippen molar-refractivity contribution in [3.63, 3.8) is 0 Å². The smallest absolute Gasteiger partial charge is 0.346 e. The Hall–Kier alpha value is -4.52. The summed E-state index contributed by atoms with van der Waals surface area (Å²) in [6.45, 7) is -0.379.